The Hall–Kier alpha value is -3.80. The molecule has 0 N–H and O–H groups in total. The largest absolute Gasteiger partial charge is 0.439 e. The first-order valence-corrected chi connectivity index (χ1v) is 12.7. The number of hydrogen-bond donors (Lipinski definition) is 0. The molecule has 1 amide bonds. The van der Waals surface area contributed by atoms with Crippen molar-refractivity contribution in [3.8, 4) is 11.1 Å². The van der Waals surface area contributed by atoms with Crippen LogP contribution >= 0.6 is 11.6 Å². The van der Waals surface area contributed by atoms with Crippen molar-refractivity contribution in [2.75, 3.05) is 0 Å². The van der Waals surface area contributed by atoms with Gasteiger partial charge in [-0.2, -0.15) is 26.3 Å². The van der Waals surface area contributed by atoms with Crippen molar-refractivity contribution in [1.29, 1.82) is 0 Å². The first-order chi connectivity index (χ1) is 19.0. The maximum Gasteiger partial charge on any atom is 0.416 e. The van der Waals surface area contributed by atoms with Gasteiger partial charge in [0.1, 0.15) is 6.10 Å². The smallest absolute Gasteiger partial charge is 0.416 e. The van der Waals surface area contributed by atoms with Gasteiger partial charge in [-0.3, -0.25) is 15.0 Å². The second kappa shape index (κ2) is 10.9. The van der Waals surface area contributed by atoms with Crippen LogP contribution < -0.4 is 0 Å². The molecule has 0 bridgehead atoms. The second-order valence-electron chi connectivity index (χ2n) is 10.0. The fraction of sp³-hybridized carbons (Fsp3) is 0.321. The van der Waals surface area contributed by atoms with E-state index in [9.17, 15) is 41.3 Å². The van der Waals surface area contributed by atoms with Crippen molar-refractivity contribution in [2.24, 2.45) is 0 Å². The topological polar surface area (TPSA) is 72.7 Å². The predicted octanol–water partition coefficient (Wildman–Crippen LogP) is 9.16. The van der Waals surface area contributed by atoms with E-state index in [1.807, 2.05) is 26.0 Å². The van der Waals surface area contributed by atoms with Gasteiger partial charge in [-0.15, -0.1) is 0 Å². The highest BCUT2D eigenvalue weighted by Crippen LogP contribution is 2.42. The molecule has 0 spiro atoms. The minimum absolute atomic E-state index is 0.00684. The number of ether oxygens (including phenoxy) is 1. The predicted molar refractivity (Wildman–Crippen MR) is 138 cm³/mol. The average Bonchev–Trinajstić information content (AvgIpc) is 3.16. The Morgan fingerprint density at radius 3 is 2.10 bits per heavy atom. The number of nitrogens with zero attached hydrogens (tertiary/aromatic N) is 2. The summed E-state index contributed by atoms with van der Waals surface area (Å²) in [7, 11) is 0. The van der Waals surface area contributed by atoms with Crippen LogP contribution in [0.5, 0.6) is 0 Å². The molecule has 0 saturated carbocycles. The van der Waals surface area contributed by atoms with Crippen molar-refractivity contribution in [1.82, 2.24) is 4.90 Å². The van der Waals surface area contributed by atoms with Gasteiger partial charge in [0.25, 0.3) is 5.69 Å². The molecule has 0 aromatic heterocycles. The number of non-ortho nitro benzene ring substituents is 1. The molecule has 2 atom stereocenters. The van der Waals surface area contributed by atoms with Crippen LogP contribution in [0.4, 0.5) is 36.8 Å². The van der Waals surface area contributed by atoms with Gasteiger partial charge in [-0.1, -0.05) is 31.5 Å². The van der Waals surface area contributed by atoms with Gasteiger partial charge < -0.3 is 4.74 Å². The number of carbonyl (C=O) groups is 1. The number of carbonyl (C=O) groups excluding carboxylic acids is 1. The number of amides is 1. The van der Waals surface area contributed by atoms with E-state index in [2.05, 4.69) is 0 Å². The third-order valence-corrected chi connectivity index (χ3v) is 7.25. The van der Waals surface area contributed by atoms with E-state index < -0.39 is 52.2 Å². The summed E-state index contributed by atoms with van der Waals surface area (Å²) in [6, 6.07) is 9.30. The first kappa shape index (κ1) is 30.2. The maximum absolute atomic E-state index is 13.4. The minimum Gasteiger partial charge on any atom is -0.439 e. The standard InChI is InChI=1S/C28H23ClF6N2O4/c1-14(2)16-4-7-24(29)23(11-16)22-6-5-21(37(39)40)10-18(22)13-36-15(3)25(41-26(36)38)17-8-19(27(30,31)32)12-20(9-17)28(33,34)35/h4-12,14-15,25H,13H2,1-3H3/t15-,25-/m0/s1. The summed E-state index contributed by atoms with van der Waals surface area (Å²) in [6.07, 6.45) is -12.6. The number of hydrogen-bond acceptors (Lipinski definition) is 4. The fourth-order valence-electron chi connectivity index (χ4n) is 4.68. The Morgan fingerprint density at radius 1 is 0.951 bits per heavy atom. The lowest BCUT2D eigenvalue weighted by Crippen LogP contribution is -2.31. The lowest BCUT2D eigenvalue weighted by molar-refractivity contribution is -0.384. The van der Waals surface area contributed by atoms with Crippen molar-refractivity contribution in [2.45, 2.75) is 57.7 Å². The van der Waals surface area contributed by atoms with E-state index in [1.165, 1.54) is 25.1 Å². The quantitative estimate of drug-likeness (QED) is 0.161. The molecule has 1 aliphatic heterocycles. The third kappa shape index (κ3) is 6.27. The zero-order chi connectivity index (χ0) is 30.4. The van der Waals surface area contributed by atoms with Gasteiger partial charge in [-0.25, -0.2) is 4.79 Å². The van der Waals surface area contributed by atoms with Crippen molar-refractivity contribution >= 4 is 23.4 Å². The van der Waals surface area contributed by atoms with Crippen LogP contribution in [0.15, 0.2) is 54.6 Å². The molecule has 3 aromatic carbocycles. The molecule has 1 fully saturated rings. The monoisotopic (exact) mass is 600 g/mol. The molecule has 0 unspecified atom stereocenters. The summed E-state index contributed by atoms with van der Waals surface area (Å²) in [5.74, 6) is 0.121. The normalized spacial score (nSPS) is 17.7. The highest BCUT2D eigenvalue weighted by Gasteiger charge is 2.43. The molecule has 1 aliphatic rings. The maximum atomic E-state index is 13.4. The average molecular weight is 601 g/mol. The molecule has 13 heteroatoms. The number of rotatable bonds is 6. The third-order valence-electron chi connectivity index (χ3n) is 6.92. The van der Waals surface area contributed by atoms with Crippen LogP contribution in [0.25, 0.3) is 11.1 Å². The molecule has 41 heavy (non-hydrogen) atoms. The molecule has 1 heterocycles. The summed E-state index contributed by atoms with van der Waals surface area (Å²) < 4.78 is 85.8. The summed E-state index contributed by atoms with van der Waals surface area (Å²) in [6.45, 7) is 5.04. The van der Waals surface area contributed by atoms with Gasteiger partial charge in [0.05, 0.1) is 28.6 Å². The fourth-order valence-corrected chi connectivity index (χ4v) is 4.90. The molecule has 3 aromatic rings. The highest BCUT2D eigenvalue weighted by atomic mass is 35.5. The van der Waals surface area contributed by atoms with E-state index in [-0.39, 0.29) is 29.8 Å². The Bertz CT molecular complexity index is 1470. The van der Waals surface area contributed by atoms with Crippen LogP contribution in [0.2, 0.25) is 5.02 Å². The molecule has 218 valence electrons. The van der Waals surface area contributed by atoms with Gasteiger partial charge in [0.15, 0.2) is 0 Å². The number of benzene rings is 3. The Balaban J connectivity index is 1.76. The molecular formula is C28H23ClF6N2O4. The zero-order valence-corrected chi connectivity index (χ0v) is 22.6. The van der Waals surface area contributed by atoms with Gasteiger partial charge in [0, 0.05) is 22.7 Å². The summed E-state index contributed by atoms with van der Waals surface area (Å²) >= 11 is 6.47. The highest BCUT2D eigenvalue weighted by molar-refractivity contribution is 6.33. The number of nitro groups is 1. The second-order valence-corrected chi connectivity index (χ2v) is 10.4. The van der Waals surface area contributed by atoms with E-state index in [1.54, 1.807) is 6.07 Å². The van der Waals surface area contributed by atoms with Crippen LogP contribution in [-0.2, 0) is 23.6 Å². The molecule has 0 radical (unpaired) electrons. The number of nitro benzene ring substituents is 1. The molecule has 1 saturated heterocycles. The van der Waals surface area contributed by atoms with Crippen LogP contribution in [0, 0.1) is 10.1 Å². The Kier molecular flexibility index (Phi) is 8.01. The number of alkyl halides is 6. The first-order valence-electron chi connectivity index (χ1n) is 12.3. The van der Waals surface area contributed by atoms with Gasteiger partial charge >= 0.3 is 18.4 Å². The van der Waals surface area contributed by atoms with Gasteiger partial charge in [0.2, 0.25) is 0 Å². The van der Waals surface area contributed by atoms with Crippen molar-refractivity contribution < 1.29 is 40.8 Å². The summed E-state index contributed by atoms with van der Waals surface area (Å²) in [5, 5.41) is 11.9. The molecule has 6 nitrogen and oxygen atoms in total. The summed E-state index contributed by atoms with van der Waals surface area (Å²) in [4.78, 5) is 24.9. The lowest BCUT2D eigenvalue weighted by Gasteiger charge is -2.23. The minimum atomic E-state index is -5.08. The zero-order valence-electron chi connectivity index (χ0n) is 21.8. The Morgan fingerprint density at radius 2 is 1.56 bits per heavy atom. The SMILES string of the molecule is CC(C)c1ccc(Cl)c(-c2ccc([N+](=O)[O-])cc2CN2C(=O)O[C@H](c3cc(C(F)(F)F)cc(C(F)(F)F)c3)[C@@H]2C)c1. The van der Waals surface area contributed by atoms with E-state index in [0.29, 0.717) is 28.3 Å². The lowest BCUT2D eigenvalue weighted by atomic mass is 9.93. The van der Waals surface area contributed by atoms with Crippen LogP contribution in [0.1, 0.15) is 60.6 Å². The van der Waals surface area contributed by atoms with E-state index in [0.717, 1.165) is 10.5 Å². The Labute approximate surface area is 235 Å². The molecule has 0 aliphatic carbocycles. The molecule has 4 rings (SSSR count). The summed E-state index contributed by atoms with van der Waals surface area (Å²) in [5.41, 5.74) is -1.64. The van der Waals surface area contributed by atoms with Crippen LogP contribution in [-0.4, -0.2) is 22.0 Å². The number of halogens is 7. The van der Waals surface area contributed by atoms with E-state index >= 15 is 0 Å². The van der Waals surface area contributed by atoms with E-state index in [4.69, 9.17) is 16.3 Å². The van der Waals surface area contributed by atoms with Gasteiger partial charge in [-0.05, 0) is 71.5 Å². The van der Waals surface area contributed by atoms with Crippen LogP contribution in [0.3, 0.4) is 0 Å². The number of cyclic esters (lactones) is 1. The molecular weight excluding hydrogens is 578 g/mol. The van der Waals surface area contributed by atoms with Crippen molar-refractivity contribution in [3.63, 3.8) is 0 Å². The van der Waals surface area contributed by atoms with Crippen molar-refractivity contribution in [3.05, 3.63) is 97.6 Å².